The molecule has 0 aliphatic rings. The maximum absolute atomic E-state index is 6.14. The summed E-state index contributed by atoms with van der Waals surface area (Å²) in [6.07, 6.45) is 1.75. The minimum atomic E-state index is -0.325. The van der Waals surface area contributed by atoms with Crippen LogP contribution in [0.15, 0.2) is 22.9 Å². The maximum atomic E-state index is 6.14. The fourth-order valence-corrected chi connectivity index (χ4v) is 2.11. The van der Waals surface area contributed by atoms with E-state index in [0.29, 0.717) is 4.60 Å². The monoisotopic (exact) mass is 281 g/mol. The third-order valence-electron chi connectivity index (χ3n) is 2.38. The van der Waals surface area contributed by atoms with Gasteiger partial charge in [-0.25, -0.2) is 4.68 Å². The first-order chi connectivity index (χ1) is 7.59. The van der Waals surface area contributed by atoms with Crippen molar-refractivity contribution in [1.29, 1.82) is 0 Å². The van der Waals surface area contributed by atoms with Gasteiger partial charge in [-0.05, 0) is 40.5 Å². The Kier molecular flexibility index (Phi) is 3.02. The summed E-state index contributed by atoms with van der Waals surface area (Å²) in [6.45, 7) is 2.01. The number of nitrogens with zero attached hydrogens (tertiary/aromatic N) is 4. The molecule has 0 saturated heterocycles. The minimum absolute atomic E-state index is 0.325. The van der Waals surface area contributed by atoms with E-state index in [9.17, 15) is 0 Å². The quantitative estimate of drug-likeness (QED) is 0.902. The molecule has 2 N–H and O–H groups in total. The van der Waals surface area contributed by atoms with E-state index in [1.54, 1.807) is 10.9 Å². The zero-order chi connectivity index (χ0) is 11.7. The Hall–Kier alpha value is -1.27. The van der Waals surface area contributed by atoms with E-state index in [-0.39, 0.29) is 6.04 Å². The van der Waals surface area contributed by atoms with Crippen LogP contribution in [0.4, 0.5) is 0 Å². The largest absolute Gasteiger partial charge is 0.318 e. The molecule has 6 heteroatoms. The molecule has 2 rings (SSSR count). The highest BCUT2D eigenvalue weighted by atomic mass is 79.9. The molecule has 1 atom stereocenters. The van der Waals surface area contributed by atoms with Crippen LogP contribution in [0.25, 0.3) is 0 Å². The number of hydrogen-bond donors (Lipinski definition) is 1. The molecule has 0 bridgehead atoms. The van der Waals surface area contributed by atoms with Gasteiger partial charge >= 0.3 is 0 Å². The van der Waals surface area contributed by atoms with Crippen molar-refractivity contribution in [3.8, 4) is 0 Å². The average Bonchev–Trinajstić information content (AvgIpc) is 2.58. The smallest absolute Gasteiger partial charge is 0.153 e. The lowest BCUT2D eigenvalue weighted by molar-refractivity contribution is 0.644. The molecule has 0 amide bonds. The molecule has 5 nitrogen and oxygen atoms in total. The van der Waals surface area contributed by atoms with Gasteiger partial charge in [0.2, 0.25) is 0 Å². The van der Waals surface area contributed by atoms with E-state index in [2.05, 4.69) is 31.2 Å². The lowest BCUT2D eigenvalue weighted by Gasteiger charge is -2.11. The van der Waals surface area contributed by atoms with Crippen LogP contribution in [0, 0.1) is 6.92 Å². The van der Waals surface area contributed by atoms with Crippen LogP contribution in [-0.4, -0.2) is 20.0 Å². The average molecular weight is 282 g/mol. The number of aryl methyl sites for hydroxylation is 2. The minimum Gasteiger partial charge on any atom is -0.318 e. The molecule has 0 aromatic carbocycles. The Bertz CT molecular complexity index is 488. The van der Waals surface area contributed by atoms with E-state index in [4.69, 9.17) is 5.73 Å². The van der Waals surface area contributed by atoms with Crippen molar-refractivity contribution < 1.29 is 0 Å². The first-order valence-electron chi connectivity index (χ1n) is 4.83. The van der Waals surface area contributed by atoms with Gasteiger partial charge in [0.25, 0.3) is 0 Å². The van der Waals surface area contributed by atoms with E-state index in [0.717, 1.165) is 17.0 Å². The van der Waals surface area contributed by atoms with Crippen molar-refractivity contribution in [2.24, 2.45) is 12.8 Å². The molecular formula is C10H12BrN5. The van der Waals surface area contributed by atoms with Crippen molar-refractivity contribution in [2.45, 2.75) is 13.0 Å². The van der Waals surface area contributed by atoms with Crippen molar-refractivity contribution in [3.63, 3.8) is 0 Å². The topological polar surface area (TPSA) is 69.6 Å². The first-order valence-corrected chi connectivity index (χ1v) is 5.62. The van der Waals surface area contributed by atoms with Gasteiger partial charge in [-0.2, -0.15) is 0 Å². The Balaban J connectivity index is 2.43. The molecule has 84 valence electrons. The summed E-state index contributed by atoms with van der Waals surface area (Å²) in [5.74, 6) is 0. The van der Waals surface area contributed by atoms with Crippen molar-refractivity contribution >= 4 is 15.9 Å². The Morgan fingerprint density at radius 1 is 1.50 bits per heavy atom. The molecule has 16 heavy (non-hydrogen) atoms. The second-order valence-electron chi connectivity index (χ2n) is 3.62. The highest BCUT2D eigenvalue weighted by molar-refractivity contribution is 9.10. The van der Waals surface area contributed by atoms with Crippen LogP contribution in [0.1, 0.15) is 23.0 Å². The Morgan fingerprint density at radius 3 is 2.81 bits per heavy atom. The highest BCUT2D eigenvalue weighted by Gasteiger charge is 2.19. The summed E-state index contributed by atoms with van der Waals surface area (Å²) in [7, 11) is 1.81. The van der Waals surface area contributed by atoms with Crippen molar-refractivity contribution in [3.05, 3.63) is 39.9 Å². The molecule has 0 saturated carbocycles. The standard InChI is InChI=1S/C10H12BrN5/c1-6-3-4-13-7(5-6)8(12)9-10(11)14-15-16(9)2/h3-5,8H,12H2,1-2H3. The number of rotatable bonds is 2. The van der Waals surface area contributed by atoms with Gasteiger partial charge in [-0.15, -0.1) is 5.10 Å². The van der Waals surface area contributed by atoms with Gasteiger partial charge in [0.15, 0.2) is 4.60 Å². The summed E-state index contributed by atoms with van der Waals surface area (Å²) in [5.41, 5.74) is 8.90. The molecule has 0 aliphatic heterocycles. The molecule has 2 heterocycles. The number of hydrogen-bond acceptors (Lipinski definition) is 4. The predicted molar refractivity (Wildman–Crippen MR) is 63.7 cm³/mol. The van der Waals surface area contributed by atoms with Crippen LogP contribution < -0.4 is 5.73 Å². The lowest BCUT2D eigenvalue weighted by atomic mass is 10.1. The fraction of sp³-hybridized carbons (Fsp3) is 0.300. The van der Waals surface area contributed by atoms with Crippen LogP contribution in [0.3, 0.4) is 0 Å². The summed E-state index contributed by atoms with van der Waals surface area (Å²) >= 11 is 3.33. The summed E-state index contributed by atoms with van der Waals surface area (Å²) in [4.78, 5) is 4.26. The normalized spacial score (nSPS) is 12.8. The summed E-state index contributed by atoms with van der Waals surface area (Å²) in [6, 6.07) is 3.57. The summed E-state index contributed by atoms with van der Waals surface area (Å²) < 4.78 is 2.31. The zero-order valence-electron chi connectivity index (χ0n) is 9.05. The third kappa shape index (κ3) is 1.98. The third-order valence-corrected chi connectivity index (χ3v) is 2.94. The second kappa shape index (κ2) is 4.31. The van der Waals surface area contributed by atoms with Gasteiger partial charge in [-0.3, -0.25) is 4.98 Å². The lowest BCUT2D eigenvalue weighted by Crippen LogP contribution is -2.17. The first kappa shape index (κ1) is 11.2. The van der Waals surface area contributed by atoms with E-state index >= 15 is 0 Å². The molecular weight excluding hydrogens is 270 g/mol. The SMILES string of the molecule is Cc1ccnc(C(N)c2c(Br)nnn2C)c1. The van der Waals surface area contributed by atoms with Gasteiger partial charge in [0.05, 0.1) is 17.4 Å². The van der Waals surface area contributed by atoms with Crippen LogP contribution in [0.5, 0.6) is 0 Å². The number of nitrogens with two attached hydrogens (primary N) is 1. The molecule has 2 aromatic heterocycles. The molecule has 0 aliphatic carbocycles. The van der Waals surface area contributed by atoms with Crippen molar-refractivity contribution in [2.75, 3.05) is 0 Å². The molecule has 0 fully saturated rings. The number of aromatic nitrogens is 4. The van der Waals surface area contributed by atoms with Crippen LogP contribution in [-0.2, 0) is 7.05 Å². The second-order valence-corrected chi connectivity index (χ2v) is 4.38. The highest BCUT2D eigenvalue weighted by Crippen LogP contribution is 2.23. The van der Waals surface area contributed by atoms with Crippen LogP contribution >= 0.6 is 15.9 Å². The summed E-state index contributed by atoms with van der Waals surface area (Å²) in [5, 5.41) is 7.80. The van der Waals surface area contributed by atoms with E-state index < -0.39 is 0 Å². The Morgan fingerprint density at radius 2 is 2.25 bits per heavy atom. The molecule has 2 aromatic rings. The van der Waals surface area contributed by atoms with Gasteiger partial charge in [0.1, 0.15) is 0 Å². The van der Waals surface area contributed by atoms with Gasteiger partial charge in [-0.1, -0.05) is 5.21 Å². The predicted octanol–water partition coefficient (Wildman–Crippen LogP) is 1.33. The maximum Gasteiger partial charge on any atom is 0.153 e. The molecule has 1 unspecified atom stereocenters. The number of halogens is 1. The van der Waals surface area contributed by atoms with E-state index in [1.807, 2.05) is 26.1 Å². The van der Waals surface area contributed by atoms with Gasteiger partial charge in [0, 0.05) is 13.2 Å². The fourth-order valence-electron chi connectivity index (χ4n) is 1.54. The zero-order valence-corrected chi connectivity index (χ0v) is 10.6. The number of pyridine rings is 1. The molecule has 0 radical (unpaired) electrons. The Labute approximate surface area is 102 Å². The van der Waals surface area contributed by atoms with Crippen LogP contribution in [0.2, 0.25) is 0 Å². The molecule has 0 spiro atoms. The van der Waals surface area contributed by atoms with Crippen molar-refractivity contribution in [1.82, 2.24) is 20.0 Å². The van der Waals surface area contributed by atoms with Gasteiger partial charge < -0.3 is 5.73 Å². The van der Waals surface area contributed by atoms with E-state index in [1.165, 1.54) is 0 Å².